The topological polar surface area (TPSA) is 303 Å². The molecule has 0 saturated heterocycles. The summed E-state index contributed by atoms with van der Waals surface area (Å²) in [4.78, 5) is 88.8. The molecule has 1 aromatic heterocycles. The van der Waals surface area contributed by atoms with Gasteiger partial charge in [0.15, 0.2) is 0 Å². The minimum Gasteiger partial charge on any atom is -0.481 e. The number of aromatic amines is 1. The van der Waals surface area contributed by atoms with E-state index in [0.29, 0.717) is 5.69 Å². The number of imidazole rings is 1. The van der Waals surface area contributed by atoms with Gasteiger partial charge in [0.1, 0.15) is 18.1 Å². The van der Waals surface area contributed by atoms with Crippen molar-refractivity contribution in [2.24, 2.45) is 17.2 Å². The molecule has 1 rings (SSSR count). The molecule has 0 bridgehead atoms. The van der Waals surface area contributed by atoms with Gasteiger partial charge in [-0.1, -0.05) is 0 Å². The van der Waals surface area contributed by atoms with Gasteiger partial charge < -0.3 is 48.3 Å². The van der Waals surface area contributed by atoms with E-state index in [1.807, 2.05) is 5.32 Å². The zero-order valence-electron chi connectivity index (χ0n) is 18.2. The Morgan fingerprint density at radius 2 is 1.34 bits per heavy atom. The number of nitrogens with one attached hydrogen (secondary N) is 4. The summed E-state index contributed by atoms with van der Waals surface area (Å²) in [5.41, 5.74) is 15.9. The molecule has 17 heteroatoms. The second kappa shape index (κ2) is 13.2. The van der Waals surface area contributed by atoms with Crippen molar-refractivity contribution in [3.05, 3.63) is 18.2 Å². The predicted molar refractivity (Wildman–Crippen MR) is 114 cm³/mol. The van der Waals surface area contributed by atoms with Crippen molar-refractivity contribution < 1.29 is 43.8 Å². The molecule has 192 valence electrons. The van der Waals surface area contributed by atoms with Crippen LogP contribution in [-0.4, -0.2) is 85.8 Å². The Labute approximate surface area is 197 Å². The molecule has 4 atom stereocenters. The average molecular weight is 498 g/mol. The zero-order chi connectivity index (χ0) is 26.7. The molecule has 0 fully saturated rings. The molecule has 1 aromatic rings. The van der Waals surface area contributed by atoms with Crippen molar-refractivity contribution in [1.29, 1.82) is 0 Å². The van der Waals surface area contributed by atoms with E-state index in [4.69, 9.17) is 22.3 Å². The van der Waals surface area contributed by atoms with Crippen LogP contribution < -0.4 is 33.2 Å². The fourth-order valence-corrected chi connectivity index (χ4v) is 2.74. The van der Waals surface area contributed by atoms with Crippen molar-refractivity contribution in [1.82, 2.24) is 25.9 Å². The molecule has 5 amide bonds. The lowest BCUT2D eigenvalue weighted by atomic mass is 10.1. The van der Waals surface area contributed by atoms with Crippen molar-refractivity contribution in [2.75, 3.05) is 0 Å². The first-order valence-corrected chi connectivity index (χ1v) is 9.95. The smallest absolute Gasteiger partial charge is 0.326 e. The first-order valence-electron chi connectivity index (χ1n) is 9.95. The Kier molecular flexibility index (Phi) is 10.8. The molecular formula is C18H26N8O9. The average Bonchev–Trinajstić information content (AvgIpc) is 3.24. The molecule has 17 nitrogen and oxygen atoms in total. The van der Waals surface area contributed by atoms with E-state index in [0.717, 1.165) is 0 Å². The summed E-state index contributed by atoms with van der Waals surface area (Å²) in [5, 5.41) is 24.7. The first-order chi connectivity index (χ1) is 16.3. The van der Waals surface area contributed by atoms with E-state index in [1.54, 1.807) is 0 Å². The van der Waals surface area contributed by atoms with Gasteiger partial charge in [0.2, 0.25) is 29.5 Å². The maximum absolute atomic E-state index is 12.7. The molecule has 0 aliphatic rings. The van der Waals surface area contributed by atoms with Crippen LogP contribution in [0, 0.1) is 0 Å². The summed E-state index contributed by atoms with van der Waals surface area (Å²) in [7, 11) is 0. The van der Waals surface area contributed by atoms with Crippen molar-refractivity contribution in [3.8, 4) is 0 Å². The molecular weight excluding hydrogens is 472 g/mol. The Bertz CT molecular complexity index is 965. The van der Waals surface area contributed by atoms with Crippen molar-refractivity contribution in [2.45, 2.75) is 49.9 Å². The number of hydrogen-bond acceptors (Lipinski definition) is 9. The highest BCUT2D eigenvalue weighted by Crippen LogP contribution is 2.03. The summed E-state index contributed by atoms with van der Waals surface area (Å²) in [6.45, 7) is 0. The third-order valence-electron chi connectivity index (χ3n) is 4.40. The monoisotopic (exact) mass is 498 g/mol. The molecule has 0 saturated carbocycles. The normalized spacial score (nSPS) is 14.0. The van der Waals surface area contributed by atoms with Crippen LogP contribution in [0.5, 0.6) is 0 Å². The standard InChI is InChI=1S/C18H26N8O9/c19-8(2-12(20)27)15(31)24-10(4-14(29)30)17(33)25-9(3-13(21)28)16(32)26-11(18(34)35)1-7-5-22-6-23-7/h5-6,8-11H,1-4,19H2,(H2,20,27)(H2,21,28)(H,22,23)(H,24,31)(H,25,33)(H,26,32)(H,29,30)(H,34,35). The first kappa shape index (κ1) is 28.5. The van der Waals surface area contributed by atoms with Crippen LogP contribution in [0.25, 0.3) is 0 Å². The van der Waals surface area contributed by atoms with Crippen LogP contribution in [0.4, 0.5) is 0 Å². The lowest BCUT2D eigenvalue weighted by Gasteiger charge is -2.24. The lowest BCUT2D eigenvalue weighted by molar-refractivity contribution is -0.143. The van der Waals surface area contributed by atoms with Gasteiger partial charge in [0, 0.05) is 18.3 Å². The maximum Gasteiger partial charge on any atom is 0.326 e. The zero-order valence-corrected chi connectivity index (χ0v) is 18.2. The Hall–Kier alpha value is -4.54. The number of amides is 5. The van der Waals surface area contributed by atoms with Crippen LogP contribution >= 0.6 is 0 Å². The van der Waals surface area contributed by atoms with Gasteiger partial charge in [-0.15, -0.1) is 0 Å². The van der Waals surface area contributed by atoms with Crippen molar-refractivity contribution >= 4 is 41.5 Å². The molecule has 0 aromatic carbocycles. The van der Waals surface area contributed by atoms with E-state index in [9.17, 15) is 38.7 Å². The summed E-state index contributed by atoms with van der Waals surface area (Å²) in [6, 6.07) is -6.46. The van der Waals surface area contributed by atoms with Crippen LogP contribution in [0.15, 0.2) is 12.5 Å². The number of nitrogens with two attached hydrogens (primary N) is 3. The number of carboxylic acid groups (broad SMARTS) is 2. The number of primary amides is 2. The maximum atomic E-state index is 12.7. The third kappa shape index (κ3) is 10.3. The number of carbonyl (C=O) groups excluding carboxylic acids is 5. The highest BCUT2D eigenvalue weighted by molar-refractivity contribution is 5.97. The molecule has 0 aliphatic carbocycles. The predicted octanol–water partition coefficient (Wildman–Crippen LogP) is -4.96. The van der Waals surface area contributed by atoms with Crippen molar-refractivity contribution in [3.63, 3.8) is 0 Å². The fourth-order valence-electron chi connectivity index (χ4n) is 2.74. The number of carboxylic acids is 2. The van der Waals surface area contributed by atoms with E-state index in [-0.39, 0.29) is 6.42 Å². The highest BCUT2D eigenvalue weighted by atomic mass is 16.4. The third-order valence-corrected chi connectivity index (χ3v) is 4.40. The largest absolute Gasteiger partial charge is 0.481 e. The van der Waals surface area contributed by atoms with E-state index >= 15 is 0 Å². The van der Waals surface area contributed by atoms with Gasteiger partial charge in [-0.05, 0) is 0 Å². The highest BCUT2D eigenvalue weighted by Gasteiger charge is 2.32. The molecule has 0 aliphatic heterocycles. The van der Waals surface area contributed by atoms with Gasteiger partial charge in [0.25, 0.3) is 0 Å². The lowest BCUT2D eigenvalue weighted by Crippen LogP contribution is -2.58. The van der Waals surface area contributed by atoms with Gasteiger partial charge in [-0.3, -0.25) is 28.8 Å². The second-order valence-corrected chi connectivity index (χ2v) is 7.35. The molecule has 12 N–H and O–H groups in total. The van der Waals surface area contributed by atoms with Gasteiger partial charge >= 0.3 is 11.9 Å². The molecule has 1 heterocycles. The molecule has 4 unspecified atom stereocenters. The van der Waals surface area contributed by atoms with Gasteiger partial charge in [-0.2, -0.15) is 0 Å². The summed E-state index contributed by atoms with van der Waals surface area (Å²) in [6.07, 6.45) is 0.0815. The Morgan fingerprint density at radius 3 is 1.80 bits per heavy atom. The SMILES string of the molecule is NC(=O)CC(N)C(=O)NC(CC(=O)O)C(=O)NC(CC(N)=O)C(=O)NC(Cc1cnc[nH]1)C(=O)O. The van der Waals surface area contributed by atoms with Gasteiger partial charge in [0.05, 0.1) is 31.6 Å². The summed E-state index contributed by atoms with van der Waals surface area (Å²) in [5.74, 6) is -8.33. The van der Waals surface area contributed by atoms with Crippen LogP contribution in [-0.2, 0) is 40.0 Å². The number of aromatic nitrogens is 2. The number of rotatable bonds is 15. The molecule has 0 radical (unpaired) electrons. The van der Waals surface area contributed by atoms with Crippen LogP contribution in [0.2, 0.25) is 0 Å². The minimum absolute atomic E-state index is 0.215. The minimum atomic E-state index is -1.78. The van der Waals surface area contributed by atoms with Crippen LogP contribution in [0.1, 0.15) is 25.0 Å². The van der Waals surface area contributed by atoms with E-state index in [2.05, 4.69) is 20.6 Å². The Balaban J connectivity index is 3.00. The number of carbonyl (C=O) groups is 7. The molecule has 0 spiro atoms. The Morgan fingerprint density at radius 1 is 0.829 bits per heavy atom. The quantitative estimate of drug-likeness (QED) is 0.110. The van der Waals surface area contributed by atoms with Crippen LogP contribution in [0.3, 0.4) is 0 Å². The number of nitrogens with zero attached hydrogens (tertiary/aromatic N) is 1. The summed E-state index contributed by atoms with van der Waals surface area (Å²) >= 11 is 0. The summed E-state index contributed by atoms with van der Waals surface area (Å²) < 4.78 is 0. The van der Waals surface area contributed by atoms with E-state index < -0.39 is 84.9 Å². The molecule has 35 heavy (non-hydrogen) atoms. The van der Waals surface area contributed by atoms with E-state index in [1.165, 1.54) is 12.5 Å². The number of H-pyrrole nitrogens is 1. The second-order valence-electron chi connectivity index (χ2n) is 7.35. The fraction of sp³-hybridized carbons (Fsp3) is 0.444. The number of hydrogen-bond donors (Lipinski definition) is 9. The number of aliphatic carboxylic acids is 2. The van der Waals surface area contributed by atoms with Gasteiger partial charge in [-0.25, -0.2) is 9.78 Å².